The molecule has 27 heavy (non-hydrogen) atoms. The van der Waals surface area contributed by atoms with E-state index in [1.807, 2.05) is 42.5 Å². The van der Waals surface area contributed by atoms with Crippen LogP contribution in [0.1, 0.15) is 18.4 Å². The van der Waals surface area contributed by atoms with Gasteiger partial charge in [0.05, 0.1) is 20.8 Å². The van der Waals surface area contributed by atoms with Gasteiger partial charge >= 0.3 is 0 Å². The van der Waals surface area contributed by atoms with Crippen molar-refractivity contribution in [2.24, 2.45) is 0 Å². The van der Waals surface area contributed by atoms with Gasteiger partial charge < -0.3 is 14.0 Å². The molecule has 0 aliphatic heterocycles. The Morgan fingerprint density at radius 1 is 1.04 bits per heavy atom. The number of ether oxygens (including phenoxy) is 2. The number of benzene rings is 2. The molecule has 1 heterocycles. The number of hydrogen-bond acceptors (Lipinski definition) is 6. The molecule has 2 aromatic carbocycles. The number of methoxy groups -OCH3 is 2. The zero-order chi connectivity index (χ0) is 19.2. The van der Waals surface area contributed by atoms with Gasteiger partial charge in [-0.1, -0.05) is 46.2 Å². The molecule has 0 N–H and O–H groups in total. The van der Waals surface area contributed by atoms with E-state index in [1.54, 1.807) is 14.2 Å². The van der Waals surface area contributed by atoms with Gasteiger partial charge in [0.25, 0.3) is 0 Å². The lowest BCUT2D eigenvalue weighted by atomic mass is 10.2. The largest absolute Gasteiger partial charge is 0.493 e. The first-order valence-corrected chi connectivity index (χ1v) is 9.44. The van der Waals surface area contributed by atoms with Crippen molar-refractivity contribution in [3.63, 3.8) is 0 Å². The lowest BCUT2D eigenvalue weighted by Gasteiger charge is -2.19. The monoisotopic (exact) mass is 431 g/mol. The highest BCUT2D eigenvalue weighted by atomic mass is 79.9. The van der Waals surface area contributed by atoms with E-state index in [4.69, 9.17) is 14.0 Å². The van der Waals surface area contributed by atoms with Crippen LogP contribution in [0.5, 0.6) is 11.5 Å². The third-order valence-corrected chi connectivity index (χ3v) is 4.70. The topological polar surface area (TPSA) is 60.6 Å². The predicted molar refractivity (Wildman–Crippen MR) is 107 cm³/mol. The third-order valence-electron chi connectivity index (χ3n) is 4.21. The predicted octanol–water partition coefficient (Wildman–Crippen LogP) is 4.54. The van der Waals surface area contributed by atoms with Crippen molar-refractivity contribution in [1.29, 1.82) is 0 Å². The molecule has 0 bridgehead atoms. The molecule has 0 unspecified atom stereocenters. The average Bonchev–Trinajstić information content (AvgIpc) is 3.16. The van der Waals surface area contributed by atoms with E-state index in [1.165, 1.54) is 0 Å². The van der Waals surface area contributed by atoms with Crippen LogP contribution in [0.4, 0.5) is 0 Å². The Kier molecular flexibility index (Phi) is 6.47. The summed E-state index contributed by atoms with van der Waals surface area (Å²) in [5.74, 6) is 2.63. The Bertz CT molecular complexity index is 898. The van der Waals surface area contributed by atoms with Crippen LogP contribution >= 0.6 is 15.9 Å². The maximum atomic E-state index is 5.45. The number of nitrogens with zero attached hydrogens (tertiary/aromatic N) is 3. The van der Waals surface area contributed by atoms with Gasteiger partial charge in [-0.2, -0.15) is 4.98 Å². The summed E-state index contributed by atoms with van der Waals surface area (Å²) in [6.45, 7) is 4.27. The van der Waals surface area contributed by atoms with Gasteiger partial charge in [0.15, 0.2) is 11.5 Å². The molecular weight excluding hydrogens is 410 g/mol. The van der Waals surface area contributed by atoms with Crippen LogP contribution in [-0.2, 0) is 13.1 Å². The molecule has 0 radical (unpaired) electrons. The molecule has 3 rings (SSSR count). The fourth-order valence-electron chi connectivity index (χ4n) is 2.77. The van der Waals surface area contributed by atoms with Gasteiger partial charge in [-0.25, -0.2) is 0 Å². The lowest BCUT2D eigenvalue weighted by molar-refractivity contribution is 0.228. The number of aromatic nitrogens is 2. The SMILES string of the molecule is CCN(Cc1ccc(OC)c(OC)c1)Cc1nc(-c2cccc(Br)c2)no1. The first-order chi connectivity index (χ1) is 13.1. The smallest absolute Gasteiger partial charge is 0.241 e. The summed E-state index contributed by atoms with van der Waals surface area (Å²) in [5.41, 5.74) is 2.04. The molecule has 0 fully saturated rings. The van der Waals surface area contributed by atoms with Crippen LogP contribution in [-0.4, -0.2) is 35.8 Å². The van der Waals surface area contributed by atoms with Gasteiger partial charge in [0.1, 0.15) is 0 Å². The summed E-state index contributed by atoms with van der Waals surface area (Å²) in [5, 5.41) is 4.10. The summed E-state index contributed by atoms with van der Waals surface area (Å²) < 4.78 is 17.1. The minimum absolute atomic E-state index is 0.575. The van der Waals surface area contributed by atoms with Gasteiger partial charge in [-0.3, -0.25) is 4.90 Å². The van der Waals surface area contributed by atoms with E-state index in [-0.39, 0.29) is 0 Å². The zero-order valence-electron chi connectivity index (χ0n) is 15.6. The summed E-state index contributed by atoms with van der Waals surface area (Å²) in [6, 6.07) is 13.8. The zero-order valence-corrected chi connectivity index (χ0v) is 17.2. The maximum Gasteiger partial charge on any atom is 0.241 e. The van der Waals surface area contributed by atoms with E-state index in [0.29, 0.717) is 18.3 Å². The minimum Gasteiger partial charge on any atom is -0.493 e. The first-order valence-electron chi connectivity index (χ1n) is 8.64. The van der Waals surface area contributed by atoms with Crippen molar-refractivity contribution in [3.05, 3.63) is 58.4 Å². The van der Waals surface area contributed by atoms with Crippen LogP contribution in [0.25, 0.3) is 11.4 Å². The fraction of sp³-hybridized carbons (Fsp3) is 0.300. The van der Waals surface area contributed by atoms with Crippen molar-refractivity contribution in [2.45, 2.75) is 20.0 Å². The van der Waals surface area contributed by atoms with Gasteiger partial charge in [0.2, 0.25) is 11.7 Å². The van der Waals surface area contributed by atoms with Crippen LogP contribution in [0.15, 0.2) is 51.5 Å². The van der Waals surface area contributed by atoms with Crippen molar-refractivity contribution < 1.29 is 14.0 Å². The van der Waals surface area contributed by atoms with Crippen molar-refractivity contribution >= 4 is 15.9 Å². The Balaban J connectivity index is 1.71. The molecule has 3 aromatic rings. The minimum atomic E-state index is 0.575. The quantitative estimate of drug-likeness (QED) is 0.521. The summed E-state index contributed by atoms with van der Waals surface area (Å²) in [4.78, 5) is 6.75. The molecule has 0 spiro atoms. The number of hydrogen-bond donors (Lipinski definition) is 0. The Hall–Kier alpha value is -2.38. The Morgan fingerprint density at radius 3 is 2.56 bits per heavy atom. The normalized spacial score (nSPS) is 11.0. The molecule has 0 amide bonds. The van der Waals surface area contributed by atoms with Crippen LogP contribution in [0.3, 0.4) is 0 Å². The number of halogens is 1. The van der Waals surface area contributed by atoms with E-state index >= 15 is 0 Å². The highest BCUT2D eigenvalue weighted by molar-refractivity contribution is 9.10. The molecule has 142 valence electrons. The Morgan fingerprint density at radius 2 is 1.85 bits per heavy atom. The summed E-state index contributed by atoms with van der Waals surface area (Å²) >= 11 is 3.46. The van der Waals surface area contributed by atoms with E-state index in [9.17, 15) is 0 Å². The standard InChI is InChI=1S/C20H22BrN3O3/c1-4-24(12-14-8-9-17(25-2)18(10-14)26-3)13-19-22-20(23-27-19)15-6-5-7-16(21)11-15/h5-11H,4,12-13H2,1-3H3. The summed E-state index contributed by atoms with van der Waals surface area (Å²) in [6.07, 6.45) is 0. The highest BCUT2D eigenvalue weighted by Gasteiger charge is 2.14. The highest BCUT2D eigenvalue weighted by Crippen LogP contribution is 2.28. The van der Waals surface area contributed by atoms with E-state index in [0.717, 1.165) is 40.2 Å². The Labute approximate surface area is 167 Å². The van der Waals surface area contributed by atoms with Crippen molar-refractivity contribution in [1.82, 2.24) is 15.0 Å². The summed E-state index contributed by atoms with van der Waals surface area (Å²) in [7, 11) is 3.27. The number of rotatable bonds is 8. The molecule has 0 aliphatic rings. The molecule has 7 heteroatoms. The fourth-order valence-corrected chi connectivity index (χ4v) is 3.17. The van der Waals surface area contributed by atoms with Crippen molar-refractivity contribution in [3.8, 4) is 22.9 Å². The van der Waals surface area contributed by atoms with E-state index in [2.05, 4.69) is 37.9 Å². The molecule has 1 aromatic heterocycles. The second-order valence-corrected chi connectivity index (χ2v) is 6.93. The molecular formula is C20H22BrN3O3. The molecule has 0 aliphatic carbocycles. The average molecular weight is 432 g/mol. The maximum absolute atomic E-state index is 5.45. The second kappa shape index (κ2) is 9.01. The van der Waals surface area contributed by atoms with Crippen LogP contribution in [0.2, 0.25) is 0 Å². The lowest BCUT2D eigenvalue weighted by Crippen LogP contribution is -2.22. The molecule has 0 atom stereocenters. The molecule has 0 saturated heterocycles. The van der Waals surface area contributed by atoms with E-state index < -0.39 is 0 Å². The third kappa shape index (κ3) is 4.87. The van der Waals surface area contributed by atoms with Gasteiger partial charge in [0, 0.05) is 16.6 Å². The van der Waals surface area contributed by atoms with Crippen molar-refractivity contribution in [2.75, 3.05) is 20.8 Å². The first kappa shape index (κ1) is 19.4. The molecule has 0 saturated carbocycles. The van der Waals surface area contributed by atoms with Gasteiger partial charge in [-0.05, 0) is 36.4 Å². The second-order valence-electron chi connectivity index (χ2n) is 6.01. The van der Waals surface area contributed by atoms with Gasteiger partial charge in [-0.15, -0.1) is 0 Å². The molecule has 6 nitrogen and oxygen atoms in total. The van der Waals surface area contributed by atoms with Crippen LogP contribution < -0.4 is 9.47 Å². The van der Waals surface area contributed by atoms with Crippen LogP contribution in [0, 0.1) is 0 Å².